The Hall–Kier alpha value is -1.26. The highest BCUT2D eigenvalue weighted by Crippen LogP contribution is 2.30. The highest BCUT2D eigenvalue weighted by Gasteiger charge is 2.31. The molecule has 0 unspecified atom stereocenters. The first-order valence-electron chi connectivity index (χ1n) is 5.78. The molecule has 0 amide bonds. The van der Waals surface area contributed by atoms with Gasteiger partial charge in [0.2, 0.25) is 0 Å². The van der Waals surface area contributed by atoms with Gasteiger partial charge in [-0.3, -0.25) is 0 Å². The van der Waals surface area contributed by atoms with Crippen LogP contribution in [0, 0.1) is 0 Å². The fraction of sp³-hybridized carbons (Fsp3) is 0.583. The van der Waals surface area contributed by atoms with E-state index in [1.807, 2.05) is 0 Å². The molecule has 5 heteroatoms. The lowest BCUT2D eigenvalue weighted by molar-refractivity contribution is -0.137. The smallest absolute Gasteiger partial charge is 0.354 e. The molecule has 0 bridgehead atoms. The van der Waals surface area contributed by atoms with Crippen LogP contribution in [0.2, 0.25) is 0 Å². The quantitative estimate of drug-likeness (QED) is 0.751. The molecule has 0 aromatic carbocycles. The van der Waals surface area contributed by atoms with Crippen molar-refractivity contribution in [2.45, 2.75) is 38.4 Å². The lowest BCUT2D eigenvalue weighted by atomic mass is 10.0. The fourth-order valence-corrected chi connectivity index (χ4v) is 2.16. The number of rotatable bonds is 1. The molecule has 2 heterocycles. The van der Waals surface area contributed by atoms with Crippen LogP contribution in [-0.4, -0.2) is 17.6 Å². The summed E-state index contributed by atoms with van der Waals surface area (Å²) >= 11 is 0. The van der Waals surface area contributed by atoms with Crippen molar-refractivity contribution in [1.82, 2.24) is 4.98 Å². The Kier molecular flexibility index (Phi) is 3.26. The van der Waals surface area contributed by atoms with Gasteiger partial charge in [0.1, 0.15) is 5.82 Å². The molecule has 0 spiro atoms. The van der Waals surface area contributed by atoms with Gasteiger partial charge in [0.25, 0.3) is 0 Å². The highest BCUT2D eigenvalue weighted by atomic mass is 19.4. The summed E-state index contributed by atoms with van der Waals surface area (Å²) in [4.78, 5) is 6.00. The van der Waals surface area contributed by atoms with Crippen molar-refractivity contribution >= 4 is 5.82 Å². The van der Waals surface area contributed by atoms with Gasteiger partial charge in [0.15, 0.2) is 0 Å². The summed E-state index contributed by atoms with van der Waals surface area (Å²) in [6.07, 6.45) is -0.0657. The van der Waals surface area contributed by atoms with Gasteiger partial charge >= 0.3 is 6.18 Å². The van der Waals surface area contributed by atoms with Gasteiger partial charge in [0, 0.05) is 18.8 Å². The minimum absolute atomic E-state index is 0.355. The van der Waals surface area contributed by atoms with E-state index in [9.17, 15) is 13.2 Å². The lowest BCUT2D eigenvalue weighted by Crippen LogP contribution is -2.37. The number of piperidine rings is 1. The van der Waals surface area contributed by atoms with Crippen LogP contribution in [0.3, 0.4) is 0 Å². The van der Waals surface area contributed by atoms with Crippen LogP contribution in [-0.2, 0) is 6.18 Å². The Morgan fingerprint density at radius 2 is 2.06 bits per heavy atom. The van der Waals surface area contributed by atoms with Gasteiger partial charge in [-0.15, -0.1) is 0 Å². The number of hydrogen-bond donors (Lipinski definition) is 0. The predicted octanol–water partition coefficient (Wildman–Crippen LogP) is 3.48. The molecule has 2 rings (SSSR count). The summed E-state index contributed by atoms with van der Waals surface area (Å²) in [5.74, 6) is 0.644. The van der Waals surface area contributed by atoms with E-state index in [2.05, 4.69) is 16.8 Å². The number of anilines is 1. The molecular formula is C12H15F3N2. The maximum atomic E-state index is 12.4. The summed E-state index contributed by atoms with van der Waals surface area (Å²) < 4.78 is 37.2. The Balaban J connectivity index is 2.17. The molecule has 1 atom stereocenters. The average molecular weight is 244 g/mol. The standard InChI is InChI=1S/C12H15F3N2/c1-9-4-2-3-7-17(9)11-6-5-10(8-16-11)12(13,14)15/h5-6,8-9H,2-4,7H2,1H3/t9-/m0/s1. The summed E-state index contributed by atoms with van der Waals surface area (Å²) in [6, 6.07) is 2.92. The topological polar surface area (TPSA) is 16.1 Å². The zero-order chi connectivity index (χ0) is 12.5. The molecular weight excluding hydrogens is 229 g/mol. The third kappa shape index (κ3) is 2.70. The molecule has 2 nitrogen and oxygen atoms in total. The summed E-state index contributed by atoms with van der Waals surface area (Å²) in [7, 11) is 0. The minimum Gasteiger partial charge on any atom is -0.354 e. The number of halogens is 3. The molecule has 94 valence electrons. The Bertz CT molecular complexity index is 372. The van der Waals surface area contributed by atoms with E-state index in [0.717, 1.165) is 31.6 Å². The second-order valence-electron chi connectivity index (χ2n) is 4.44. The van der Waals surface area contributed by atoms with E-state index in [1.165, 1.54) is 12.5 Å². The van der Waals surface area contributed by atoms with E-state index < -0.39 is 11.7 Å². The van der Waals surface area contributed by atoms with Crippen LogP contribution < -0.4 is 4.90 Å². The largest absolute Gasteiger partial charge is 0.417 e. The van der Waals surface area contributed by atoms with Gasteiger partial charge in [-0.2, -0.15) is 13.2 Å². The maximum absolute atomic E-state index is 12.4. The molecule has 1 aliphatic rings. The molecule has 1 fully saturated rings. The molecule has 1 aromatic rings. The van der Waals surface area contributed by atoms with E-state index in [-0.39, 0.29) is 0 Å². The minimum atomic E-state index is -4.31. The number of aromatic nitrogens is 1. The SMILES string of the molecule is C[C@H]1CCCCN1c1ccc(C(F)(F)F)cn1. The third-order valence-electron chi connectivity index (χ3n) is 3.17. The number of pyridine rings is 1. The van der Waals surface area contributed by atoms with Gasteiger partial charge < -0.3 is 4.90 Å². The lowest BCUT2D eigenvalue weighted by Gasteiger charge is -2.34. The van der Waals surface area contributed by atoms with Gasteiger partial charge in [-0.05, 0) is 38.3 Å². The van der Waals surface area contributed by atoms with Crippen molar-refractivity contribution < 1.29 is 13.2 Å². The van der Waals surface area contributed by atoms with Crippen LogP contribution in [0.4, 0.5) is 19.0 Å². The van der Waals surface area contributed by atoms with Crippen LogP contribution in [0.1, 0.15) is 31.7 Å². The first-order chi connectivity index (χ1) is 7.98. The van der Waals surface area contributed by atoms with Crippen molar-refractivity contribution in [3.8, 4) is 0 Å². The van der Waals surface area contributed by atoms with Gasteiger partial charge in [-0.25, -0.2) is 4.98 Å². The third-order valence-corrected chi connectivity index (χ3v) is 3.17. The summed E-state index contributed by atoms with van der Waals surface area (Å²) in [5, 5.41) is 0. The highest BCUT2D eigenvalue weighted by molar-refractivity contribution is 5.41. The van der Waals surface area contributed by atoms with E-state index in [0.29, 0.717) is 11.9 Å². The van der Waals surface area contributed by atoms with Crippen LogP contribution >= 0.6 is 0 Å². The molecule has 17 heavy (non-hydrogen) atoms. The fourth-order valence-electron chi connectivity index (χ4n) is 2.16. The molecule has 0 aliphatic carbocycles. The maximum Gasteiger partial charge on any atom is 0.417 e. The van der Waals surface area contributed by atoms with Crippen LogP contribution in [0.15, 0.2) is 18.3 Å². The molecule has 0 N–H and O–H groups in total. The Labute approximate surface area is 98.5 Å². The van der Waals surface area contributed by atoms with E-state index >= 15 is 0 Å². The second kappa shape index (κ2) is 4.55. The van der Waals surface area contributed by atoms with E-state index in [1.54, 1.807) is 0 Å². The van der Waals surface area contributed by atoms with Crippen molar-refractivity contribution in [3.63, 3.8) is 0 Å². The first-order valence-corrected chi connectivity index (χ1v) is 5.78. The van der Waals surface area contributed by atoms with Crippen LogP contribution in [0.25, 0.3) is 0 Å². The number of hydrogen-bond acceptors (Lipinski definition) is 2. The predicted molar refractivity (Wildman–Crippen MR) is 59.9 cm³/mol. The van der Waals surface area contributed by atoms with Crippen molar-refractivity contribution in [2.75, 3.05) is 11.4 Å². The monoisotopic (exact) mass is 244 g/mol. The average Bonchev–Trinajstić information content (AvgIpc) is 2.29. The summed E-state index contributed by atoms with van der Waals surface area (Å²) in [6.45, 7) is 2.96. The molecule has 0 saturated carbocycles. The summed E-state index contributed by atoms with van der Waals surface area (Å²) in [5.41, 5.74) is -0.689. The molecule has 1 saturated heterocycles. The molecule has 1 aliphatic heterocycles. The Morgan fingerprint density at radius 3 is 2.59 bits per heavy atom. The van der Waals surface area contributed by atoms with E-state index in [4.69, 9.17) is 0 Å². The van der Waals surface area contributed by atoms with Crippen molar-refractivity contribution in [3.05, 3.63) is 23.9 Å². The Morgan fingerprint density at radius 1 is 1.29 bits per heavy atom. The van der Waals surface area contributed by atoms with Crippen molar-refractivity contribution in [2.24, 2.45) is 0 Å². The molecule has 1 aromatic heterocycles. The number of alkyl halides is 3. The number of nitrogens with zero attached hydrogens (tertiary/aromatic N) is 2. The van der Waals surface area contributed by atoms with Gasteiger partial charge in [0.05, 0.1) is 5.56 Å². The first kappa shape index (κ1) is 12.2. The second-order valence-corrected chi connectivity index (χ2v) is 4.44. The van der Waals surface area contributed by atoms with Crippen molar-refractivity contribution in [1.29, 1.82) is 0 Å². The normalized spacial score (nSPS) is 21.6. The zero-order valence-electron chi connectivity index (χ0n) is 9.67. The zero-order valence-corrected chi connectivity index (χ0v) is 9.67. The van der Waals surface area contributed by atoms with Crippen LogP contribution in [0.5, 0.6) is 0 Å². The molecule has 0 radical (unpaired) electrons. The van der Waals surface area contributed by atoms with Gasteiger partial charge in [-0.1, -0.05) is 0 Å².